The summed E-state index contributed by atoms with van der Waals surface area (Å²) in [6.45, 7) is 5.65. The third-order valence-corrected chi connectivity index (χ3v) is 2.80. The lowest BCUT2D eigenvalue weighted by atomic mass is 10.2. The summed E-state index contributed by atoms with van der Waals surface area (Å²) in [5, 5.41) is 3.40. The van der Waals surface area contributed by atoms with Crippen LogP contribution in [-0.2, 0) is 13.0 Å². The Morgan fingerprint density at radius 2 is 1.95 bits per heavy atom. The Hall–Kier alpha value is -1.94. The number of aromatic nitrogens is 2. The van der Waals surface area contributed by atoms with Crippen LogP contribution in [-0.4, -0.2) is 22.6 Å². The van der Waals surface area contributed by atoms with Crippen LogP contribution in [0.5, 0.6) is 5.88 Å². The molecular formula is C16H21N3O. The largest absolute Gasteiger partial charge is 0.475 e. The van der Waals surface area contributed by atoms with Gasteiger partial charge >= 0.3 is 0 Å². The maximum absolute atomic E-state index is 5.70. The molecule has 20 heavy (non-hydrogen) atoms. The Morgan fingerprint density at radius 3 is 2.70 bits per heavy atom. The minimum absolute atomic E-state index is 0.136. The van der Waals surface area contributed by atoms with Crippen LogP contribution in [0.15, 0.2) is 42.7 Å². The second kappa shape index (κ2) is 7.60. The van der Waals surface area contributed by atoms with Gasteiger partial charge in [0.15, 0.2) is 0 Å². The molecule has 0 amide bonds. The molecule has 2 aromatic rings. The highest BCUT2D eigenvalue weighted by Crippen LogP contribution is 2.15. The smallest absolute Gasteiger partial charge is 0.218 e. The number of nitrogens with zero attached hydrogens (tertiary/aromatic N) is 2. The Morgan fingerprint density at radius 1 is 1.10 bits per heavy atom. The molecule has 0 saturated carbocycles. The lowest BCUT2D eigenvalue weighted by molar-refractivity contribution is 0.229. The van der Waals surface area contributed by atoms with E-state index in [9.17, 15) is 0 Å². The van der Waals surface area contributed by atoms with Gasteiger partial charge in [0, 0.05) is 43.2 Å². The summed E-state index contributed by atoms with van der Waals surface area (Å²) in [7, 11) is 0. The topological polar surface area (TPSA) is 47.0 Å². The van der Waals surface area contributed by atoms with Crippen LogP contribution in [0.25, 0.3) is 0 Å². The molecule has 0 aromatic carbocycles. The maximum atomic E-state index is 5.70. The lowest BCUT2D eigenvalue weighted by Crippen LogP contribution is -2.18. The van der Waals surface area contributed by atoms with Crippen molar-refractivity contribution in [2.45, 2.75) is 32.9 Å². The second-order valence-electron chi connectivity index (χ2n) is 4.88. The molecule has 2 rings (SSSR count). The van der Waals surface area contributed by atoms with Crippen LogP contribution in [0.4, 0.5) is 0 Å². The molecule has 0 saturated heterocycles. The van der Waals surface area contributed by atoms with Gasteiger partial charge in [-0.05, 0) is 32.0 Å². The number of hydrogen-bond acceptors (Lipinski definition) is 4. The molecule has 0 aliphatic carbocycles. The molecule has 0 aliphatic heterocycles. The maximum Gasteiger partial charge on any atom is 0.218 e. The van der Waals surface area contributed by atoms with Crippen molar-refractivity contribution in [2.75, 3.05) is 6.54 Å². The van der Waals surface area contributed by atoms with E-state index in [-0.39, 0.29) is 6.10 Å². The average molecular weight is 271 g/mol. The number of hydrogen-bond donors (Lipinski definition) is 1. The van der Waals surface area contributed by atoms with Gasteiger partial charge in [0.1, 0.15) is 0 Å². The van der Waals surface area contributed by atoms with Crippen molar-refractivity contribution in [3.05, 3.63) is 54.0 Å². The molecule has 0 atom stereocenters. The van der Waals surface area contributed by atoms with Gasteiger partial charge in [-0.1, -0.05) is 12.1 Å². The van der Waals surface area contributed by atoms with Gasteiger partial charge in [0.25, 0.3) is 0 Å². The molecule has 0 fully saturated rings. The molecule has 106 valence electrons. The van der Waals surface area contributed by atoms with E-state index in [1.807, 2.05) is 50.4 Å². The molecule has 2 heterocycles. The van der Waals surface area contributed by atoms with Crippen LogP contribution in [0.2, 0.25) is 0 Å². The molecule has 2 aromatic heterocycles. The summed E-state index contributed by atoms with van der Waals surface area (Å²) in [5.41, 5.74) is 2.19. The summed E-state index contributed by atoms with van der Waals surface area (Å²) in [6.07, 6.45) is 4.64. The molecular weight excluding hydrogens is 250 g/mol. The van der Waals surface area contributed by atoms with Gasteiger partial charge in [0.2, 0.25) is 5.88 Å². The molecule has 0 spiro atoms. The molecule has 0 bridgehead atoms. The molecule has 0 aliphatic rings. The zero-order chi connectivity index (χ0) is 14.2. The van der Waals surface area contributed by atoms with Gasteiger partial charge in [-0.3, -0.25) is 4.98 Å². The predicted molar refractivity (Wildman–Crippen MR) is 79.6 cm³/mol. The summed E-state index contributed by atoms with van der Waals surface area (Å²) in [5.74, 6) is 0.716. The SMILES string of the molecule is CC(C)Oc1ncccc1CNCCc1ccccn1. The number of nitrogens with one attached hydrogen (secondary N) is 1. The van der Waals surface area contributed by atoms with Crippen LogP contribution in [0.3, 0.4) is 0 Å². The highest BCUT2D eigenvalue weighted by molar-refractivity contribution is 5.25. The molecule has 0 unspecified atom stereocenters. The van der Waals surface area contributed by atoms with Crippen molar-refractivity contribution in [1.29, 1.82) is 0 Å². The van der Waals surface area contributed by atoms with Crippen LogP contribution in [0, 0.1) is 0 Å². The minimum Gasteiger partial charge on any atom is -0.475 e. The first-order valence-electron chi connectivity index (χ1n) is 6.97. The minimum atomic E-state index is 0.136. The third-order valence-electron chi connectivity index (χ3n) is 2.80. The van der Waals surface area contributed by atoms with E-state index in [0.29, 0.717) is 5.88 Å². The zero-order valence-electron chi connectivity index (χ0n) is 12.0. The lowest BCUT2D eigenvalue weighted by Gasteiger charge is -2.13. The fraction of sp³-hybridized carbons (Fsp3) is 0.375. The summed E-state index contributed by atoms with van der Waals surface area (Å²) < 4.78 is 5.70. The summed E-state index contributed by atoms with van der Waals surface area (Å²) in [6, 6.07) is 9.96. The van der Waals surface area contributed by atoms with Crippen molar-refractivity contribution in [2.24, 2.45) is 0 Å². The Bertz CT molecular complexity index is 514. The van der Waals surface area contributed by atoms with Gasteiger partial charge in [-0.25, -0.2) is 4.98 Å². The summed E-state index contributed by atoms with van der Waals surface area (Å²) >= 11 is 0. The molecule has 4 heteroatoms. The fourth-order valence-electron chi connectivity index (χ4n) is 1.87. The quantitative estimate of drug-likeness (QED) is 0.786. The number of rotatable bonds is 7. The second-order valence-corrected chi connectivity index (χ2v) is 4.88. The summed E-state index contributed by atoms with van der Waals surface area (Å²) in [4.78, 5) is 8.58. The van der Waals surface area contributed by atoms with Crippen molar-refractivity contribution >= 4 is 0 Å². The van der Waals surface area contributed by atoms with Gasteiger partial charge in [-0.2, -0.15) is 0 Å². The van der Waals surface area contributed by atoms with Gasteiger partial charge < -0.3 is 10.1 Å². The van der Waals surface area contributed by atoms with Crippen molar-refractivity contribution in [3.8, 4) is 5.88 Å². The molecule has 0 radical (unpaired) electrons. The van der Waals surface area contributed by atoms with E-state index in [0.717, 1.165) is 30.8 Å². The molecule has 4 nitrogen and oxygen atoms in total. The van der Waals surface area contributed by atoms with Crippen molar-refractivity contribution in [1.82, 2.24) is 15.3 Å². The van der Waals surface area contributed by atoms with E-state index in [1.54, 1.807) is 6.20 Å². The normalized spacial score (nSPS) is 10.8. The van der Waals surface area contributed by atoms with E-state index >= 15 is 0 Å². The Balaban J connectivity index is 1.82. The number of ether oxygens (including phenoxy) is 1. The Labute approximate surface area is 120 Å². The van der Waals surface area contributed by atoms with Crippen LogP contribution >= 0.6 is 0 Å². The average Bonchev–Trinajstić information content (AvgIpc) is 2.46. The van der Waals surface area contributed by atoms with E-state index in [2.05, 4.69) is 15.3 Å². The standard InChI is InChI=1S/C16H21N3O/c1-13(2)20-16-14(6-5-10-19-16)12-17-11-8-15-7-3-4-9-18-15/h3-7,9-10,13,17H,8,11-12H2,1-2H3. The highest BCUT2D eigenvalue weighted by Gasteiger charge is 2.06. The van der Waals surface area contributed by atoms with Crippen molar-refractivity contribution < 1.29 is 4.74 Å². The van der Waals surface area contributed by atoms with Gasteiger partial charge in [0.05, 0.1) is 6.10 Å². The highest BCUT2D eigenvalue weighted by atomic mass is 16.5. The fourth-order valence-corrected chi connectivity index (χ4v) is 1.87. The zero-order valence-corrected chi connectivity index (χ0v) is 12.0. The number of pyridine rings is 2. The van der Waals surface area contributed by atoms with Crippen molar-refractivity contribution in [3.63, 3.8) is 0 Å². The monoisotopic (exact) mass is 271 g/mol. The third kappa shape index (κ3) is 4.63. The van der Waals surface area contributed by atoms with Crippen LogP contribution in [0.1, 0.15) is 25.1 Å². The molecule has 1 N–H and O–H groups in total. The first-order valence-corrected chi connectivity index (χ1v) is 6.97. The van der Waals surface area contributed by atoms with E-state index in [4.69, 9.17) is 4.74 Å². The van der Waals surface area contributed by atoms with E-state index < -0.39 is 0 Å². The first-order chi connectivity index (χ1) is 9.75. The van der Waals surface area contributed by atoms with E-state index in [1.165, 1.54) is 0 Å². The van der Waals surface area contributed by atoms with Gasteiger partial charge in [-0.15, -0.1) is 0 Å². The van der Waals surface area contributed by atoms with Crippen LogP contribution < -0.4 is 10.1 Å². The Kier molecular flexibility index (Phi) is 5.50. The predicted octanol–water partition coefficient (Wildman–Crippen LogP) is 2.60. The first kappa shape index (κ1) is 14.5.